The van der Waals surface area contributed by atoms with Crippen LogP contribution in [-0.4, -0.2) is 62.0 Å². The van der Waals surface area contributed by atoms with Gasteiger partial charge in [-0.2, -0.15) is 0 Å². The molecule has 1 heterocycles. The van der Waals surface area contributed by atoms with Crippen molar-refractivity contribution in [1.29, 1.82) is 0 Å². The van der Waals surface area contributed by atoms with E-state index in [1.165, 1.54) is 0 Å². The summed E-state index contributed by atoms with van der Waals surface area (Å²) in [6.07, 6.45) is 2.58. The monoisotopic (exact) mass is 282 g/mol. The van der Waals surface area contributed by atoms with Crippen molar-refractivity contribution in [2.75, 3.05) is 44.4 Å². The molecular weight excluding hydrogens is 260 g/mol. The van der Waals surface area contributed by atoms with Crippen LogP contribution < -0.4 is 0 Å². The lowest BCUT2D eigenvalue weighted by molar-refractivity contribution is 0.303. The Morgan fingerprint density at radius 3 is 2.59 bits per heavy atom. The molecule has 0 unspecified atom stereocenters. The highest BCUT2D eigenvalue weighted by Crippen LogP contribution is 2.10. The van der Waals surface area contributed by atoms with Crippen molar-refractivity contribution >= 4 is 21.6 Å². The highest BCUT2D eigenvalue weighted by molar-refractivity contribution is 7.89. The van der Waals surface area contributed by atoms with Crippen molar-refractivity contribution in [3.63, 3.8) is 0 Å². The summed E-state index contributed by atoms with van der Waals surface area (Å²) in [7, 11) is -3.03. The summed E-state index contributed by atoms with van der Waals surface area (Å²) in [6, 6.07) is 0. The molecule has 1 rings (SSSR count). The summed E-state index contributed by atoms with van der Waals surface area (Å²) in [5.74, 6) is 0.904. The van der Waals surface area contributed by atoms with Crippen LogP contribution in [0.15, 0.2) is 0 Å². The van der Waals surface area contributed by atoms with Crippen LogP contribution in [0.3, 0.4) is 0 Å². The summed E-state index contributed by atoms with van der Waals surface area (Å²) in [4.78, 5) is 2.24. The van der Waals surface area contributed by atoms with Crippen molar-refractivity contribution in [3.05, 3.63) is 0 Å². The first-order valence-corrected chi connectivity index (χ1v) is 8.50. The first-order valence-electron chi connectivity index (χ1n) is 6.36. The van der Waals surface area contributed by atoms with Crippen LogP contribution in [0.2, 0.25) is 0 Å². The van der Waals surface area contributed by atoms with Crippen LogP contribution in [0.25, 0.3) is 0 Å². The number of rotatable bonds is 6. The maximum absolute atomic E-state index is 12.0. The summed E-state index contributed by atoms with van der Waals surface area (Å²) < 4.78 is 25.7. The molecule has 17 heavy (non-hydrogen) atoms. The summed E-state index contributed by atoms with van der Waals surface area (Å²) in [6.45, 7) is 5.89. The van der Waals surface area contributed by atoms with Gasteiger partial charge in [-0.15, -0.1) is 11.6 Å². The van der Waals surface area contributed by atoms with E-state index in [2.05, 4.69) is 4.90 Å². The van der Waals surface area contributed by atoms with Gasteiger partial charge in [-0.1, -0.05) is 13.3 Å². The Hall–Kier alpha value is 0.160. The van der Waals surface area contributed by atoms with Gasteiger partial charge in [-0.25, -0.2) is 12.7 Å². The summed E-state index contributed by atoms with van der Waals surface area (Å²) in [5.41, 5.74) is 0. The van der Waals surface area contributed by atoms with Gasteiger partial charge in [-0.3, -0.25) is 0 Å². The van der Waals surface area contributed by atoms with Gasteiger partial charge in [0, 0.05) is 32.1 Å². The molecule has 1 aliphatic rings. The highest BCUT2D eigenvalue weighted by Gasteiger charge is 2.24. The van der Waals surface area contributed by atoms with E-state index in [4.69, 9.17) is 11.6 Å². The molecule has 0 radical (unpaired) electrons. The third-order valence-electron chi connectivity index (χ3n) is 3.10. The number of hydrogen-bond donors (Lipinski definition) is 0. The van der Waals surface area contributed by atoms with Crippen molar-refractivity contribution in [3.8, 4) is 0 Å². The number of hydrogen-bond acceptors (Lipinski definition) is 3. The zero-order valence-electron chi connectivity index (χ0n) is 10.6. The number of unbranched alkanes of at least 4 members (excludes halogenated alkanes) is 1. The quantitative estimate of drug-likeness (QED) is 0.691. The maximum Gasteiger partial charge on any atom is 0.214 e. The predicted octanol–water partition coefficient (Wildman–Crippen LogP) is 1.36. The third kappa shape index (κ3) is 5.12. The van der Waals surface area contributed by atoms with Crippen molar-refractivity contribution in [1.82, 2.24) is 9.21 Å². The number of sulfonamides is 1. The number of nitrogens with zero attached hydrogens (tertiary/aromatic N) is 2. The molecule has 0 atom stereocenters. The Morgan fingerprint density at radius 2 is 1.94 bits per heavy atom. The van der Waals surface area contributed by atoms with Gasteiger partial charge in [0.25, 0.3) is 0 Å². The van der Waals surface area contributed by atoms with Gasteiger partial charge in [0.05, 0.1) is 5.75 Å². The first-order chi connectivity index (χ1) is 8.10. The molecular formula is C11H23ClN2O2S. The van der Waals surface area contributed by atoms with Crippen LogP contribution in [0, 0.1) is 0 Å². The highest BCUT2D eigenvalue weighted by atomic mass is 35.5. The normalized spacial score (nSPS) is 20.4. The van der Waals surface area contributed by atoms with E-state index in [-0.39, 0.29) is 0 Å². The summed E-state index contributed by atoms with van der Waals surface area (Å²) in [5, 5.41) is 0. The number of alkyl halides is 1. The fourth-order valence-electron chi connectivity index (χ4n) is 2.02. The molecule has 0 bridgehead atoms. The minimum absolute atomic E-state index is 0.291. The molecule has 1 aliphatic heterocycles. The molecule has 0 aliphatic carbocycles. The molecule has 4 nitrogen and oxygen atoms in total. The Morgan fingerprint density at radius 1 is 1.18 bits per heavy atom. The molecule has 1 fully saturated rings. The van der Waals surface area contributed by atoms with Gasteiger partial charge >= 0.3 is 0 Å². The van der Waals surface area contributed by atoms with E-state index in [9.17, 15) is 8.42 Å². The summed E-state index contributed by atoms with van der Waals surface area (Å²) >= 11 is 5.71. The molecule has 0 aromatic heterocycles. The first kappa shape index (κ1) is 15.2. The van der Waals surface area contributed by atoms with Crippen molar-refractivity contribution in [2.45, 2.75) is 26.2 Å². The van der Waals surface area contributed by atoms with E-state index in [1.54, 1.807) is 4.31 Å². The minimum atomic E-state index is -3.03. The van der Waals surface area contributed by atoms with E-state index in [0.29, 0.717) is 24.7 Å². The van der Waals surface area contributed by atoms with E-state index >= 15 is 0 Å². The van der Waals surface area contributed by atoms with Gasteiger partial charge in [-0.05, 0) is 19.4 Å². The average molecular weight is 283 g/mol. The fraction of sp³-hybridized carbons (Fsp3) is 1.00. The Kier molecular flexibility index (Phi) is 6.77. The van der Waals surface area contributed by atoms with Crippen molar-refractivity contribution < 1.29 is 8.42 Å². The van der Waals surface area contributed by atoms with Crippen LogP contribution in [-0.2, 0) is 10.0 Å². The zero-order valence-corrected chi connectivity index (χ0v) is 12.1. The van der Waals surface area contributed by atoms with Gasteiger partial charge < -0.3 is 4.90 Å². The smallest absolute Gasteiger partial charge is 0.214 e. The molecule has 1 saturated heterocycles. The van der Waals surface area contributed by atoms with Gasteiger partial charge in [0.15, 0.2) is 0 Å². The second-order valence-electron chi connectivity index (χ2n) is 4.45. The fourth-order valence-corrected chi connectivity index (χ4v) is 3.94. The van der Waals surface area contributed by atoms with Crippen LogP contribution in [0.1, 0.15) is 26.2 Å². The Labute approximate surface area is 110 Å². The Balaban J connectivity index is 2.50. The molecule has 0 spiro atoms. The van der Waals surface area contributed by atoms with E-state index < -0.39 is 10.0 Å². The van der Waals surface area contributed by atoms with Crippen LogP contribution in [0.5, 0.6) is 0 Å². The lowest BCUT2D eigenvalue weighted by Crippen LogP contribution is -2.36. The molecule has 0 amide bonds. The van der Waals surface area contributed by atoms with Crippen molar-refractivity contribution in [2.24, 2.45) is 0 Å². The van der Waals surface area contributed by atoms with Gasteiger partial charge in [0.1, 0.15) is 0 Å². The lowest BCUT2D eigenvalue weighted by Gasteiger charge is -2.21. The van der Waals surface area contributed by atoms with Crippen LogP contribution in [0.4, 0.5) is 0 Å². The van der Waals surface area contributed by atoms with E-state index in [0.717, 1.165) is 38.9 Å². The third-order valence-corrected chi connectivity index (χ3v) is 5.22. The second-order valence-corrected chi connectivity index (χ2v) is 6.92. The largest absolute Gasteiger partial charge is 0.301 e. The maximum atomic E-state index is 12.0. The standard InChI is InChI=1S/C11H23ClN2O2S/c1-2-3-11-17(15,16)14-7-4-6-13(8-5-12)9-10-14/h2-11H2,1H3. The molecule has 0 saturated carbocycles. The number of halogens is 1. The predicted molar refractivity (Wildman–Crippen MR) is 72.0 cm³/mol. The zero-order chi connectivity index (χ0) is 12.7. The minimum Gasteiger partial charge on any atom is -0.301 e. The van der Waals surface area contributed by atoms with Crippen LogP contribution >= 0.6 is 11.6 Å². The second kappa shape index (κ2) is 7.56. The lowest BCUT2D eigenvalue weighted by atomic mass is 10.4. The van der Waals surface area contributed by atoms with E-state index in [1.807, 2.05) is 6.92 Å². The molecule has 0 N–H and O–H groups in total. The topological polar surface area (TPSA) is 40.6 Å². The molecule has 0 aromatic carbocycles. The average Bonchev–Trinajstić information content (AvgIpc) is 2.53. The SMILES string of the molecule is CCCCS(=O)(=O)N1CCCN(CCCl)CC1. The molecule has 102 valence electrons. The Bertz CT molecular complexity index is 309. The molecule has 0 aromatic rings. The van der Waals surface area contributed by atoms with Gasteiger partial charge in [0.2, 0.25) is 10.0 Å². The molecule has 6 heteroatoms.